The summed E-state index contributed by atoms with van der Waals surface area (Å²) >= 11 is 5.62. The molecule has 0 saturated carbocycles. The summed E-state index contributed by atoms with van der Waals surface area (Å²) in [5.74, 6) is 0. The van der Waals surface area contributed by atoms with E-state index in [9.17, 15) is 0 Å². The van der Waals surface area contributed by atoms with E-state index in [2.05, 4.69) is 10.3 Å². The van der Waals surface area contributed by atoms with Crippen LogP contribution in [-0.2, 0) is 6.54 Å². The maximum absolute atomic E-state index is 5.62. The Morgan fingerprint density at radius 3 is 3.09 bits per heavy atom. The third kappa shape index (κ3) is 1.19. The Labute approximate surface area is 69.4 Å². The smallest absolute Gasteiger partial charge is 0.0925 e. The van der Waals surface area contributed by atoms with Gasteiger partial charge in [-0.15, -0.1) is 5.11 Å². The van der Waals surface area contributed by atoms with E-state index in [1.165, 1.54) is 4.53 Å². The molecule has 1 aliphatic rings. The third-order valence-corrected chi connectivity index (χ3v) is 1.73. The minimum Gasteiger partial charge on any atom is -0.182 e. The van der Waals surface area contributed by atoms with Crippen LogP contribution in [0.15, 0.2) is 34.6 Å². The zero-order valence-electron chi connectivity index (χ0n) is 5.74. The summed E-state index contributed by atoms with van der Waals surface area (Å²) in [6.07, 6.45) is 0. The van der Waals surface area contributed by atoms with E-state index in [0.29, 0.717) is 6.54 Å². The van der Waals surface area contributed by atoms with Crippen LogP contribution in [0.3, 0.4) is 0 Å². The predicted octanol–water partition coefficient (Wildman–Crippen LogP) is 2.65. The third-order valence-electron chi connectivity index (χ3n) is 1.54. The van der Waals surface area contributed by atoms with Crippen LogP contribution < -0.4 is 0 Å². The Hall–Kier alpha value is -1.09. The number of hydrogen-bond donors (Lipinski definition) is 0. The highest BCUT2D eigenvalue weighted by Gasteiger charge is 2.09. The highest BCUT2D eigenvalue weighted by Crippen LogP contribution is 2.25. The lowest BCUT2D eigenvalue weighted by Crippen LogP contribution is -2.06. The highest BCUT2D eigenvalue weighted by atomic mass is 35.5. The second-order valence-corrected chi connectivity index (χ2v) is 2.70. The molecule has 0 spiro atoms. The van der Waals surface area contributed by atoms with E-state index in [1.807, 2.05) is 24.3 Å². The topological polar surface area (TPSA) is 28.0 Å². The summed E-state index contributed by atoms with van der Waals surface area (Å²) in [5, 5.41) is 7.59. The number of nitrogens with zero attached hydrogens (tertiary/aromatic N) is 3. The summed E-state index contributed by atoms with van der Waals surface area (Å²) in [4.78, 5) is 0. The van der Waals surface area contributed by atoms with Crippen LogP contribution in [0.25, 0.3) is 0 Å². The molecule has 0 radical (unpaired) electrons. The maximum Gasteiger partial charge on any atom is 0.0925 e. The van der Waals surface area contributed by atoms with E-state index in [1.54, 1.807) is 0 Å². The fourth-order valence-corrected chi connectivity index (χ4v) is 1.17. The second kappa shape index (κ2) is 2.51. The molecule has 0 aromatic heterocycles. The van der Waals surface area contributed by atoms with E-state index in [-0.39, 0.29) is 0 Å². The number of benzene rings is 1. The van der Waals surface area contributed by atoms with Crippen LogP contribution in [0.4, 0.5) is 5.69 Å². The molecule has 0 atom stereocenters. The van der Waals surface area contributed by atoms with E-state index in [0.717, 1.165) is 11.3 Å². The maximum atomic E-state index is 5.62. The Kier molecular flexibility index (Phi) is 1.51. The van der Waals surface area contributed by atoms with Crippen molar-refractivity contribution in [1.29, 1.82) is 0 Å². The van der Waals surface area contributed by atoms with Gasteiger partial charge in [0.25, 0.3) is 0 Å². The van der Waals surface area contributed by atoms with Crippen molar-refractivity contribution >= 4 is 17.5 Å². The molecule has 0 unspecified atom stereocenters. The fourth-order valence-electron chi connectivity index (χ4n) is 1.01. The van der Waals surface area contributed by atoms with Crippen LogP contribution in [-0.4, -0.2) is 4.53 Å². The molecular weight excluding hydrogens is 162 g/mol. The summed E-state index contributed by atoms with van der Waals surface area (Å²) in [7, 11) is 0. The lowest BCUT2D eigenvalue weighted by Gasteiger charge is -2.13. The SMILES string of the molecule is ClN1Cc2ccccc2N=N1. The Morgan fingerprint density at radius 2 is 2.18 bits per heavy atom. The normalized spacial score (nSPS) is 14.8. The number of fused-ring (bicyclic) bond motifs is 1. The molecule has 0 aliphatic carbocycles. The molecule has 1 aromatic carbocycles. The monoisotopic (exact) mass is 167 g/mol. The predicted molar refractivity (Wildman–Crippen MR) is 42.4 cm³/mol. The van der Waals surface area contributed by atoms with Crippen molar-refractivity contribution in [2.24, 2.45) is 10.3 Å². The fraction of sp³-hybridized carbons (Fsp3) is 0.143. The molecule has 0 amide bonds. The molecule has 1 heterocycles. The van der Waals surface area contributed by atoms with Gasteiger partial charge < -0.3 is 0 Å². The average molecular weight is 168 g/mol. The first-order chi connectivity index (χ1) is 5.36. The molecular formula is C7H6ClN3. The van der Waals surface area contributed by atoms with Crippen LogP contribution in [0, 0.1) is 0 Å². The summed E-state index contributed by atoms with van der Waals surface area (Å²) in [5.41, 5.74) is 2.02. The van der Waals surface area contributed by atoms with E-state index >= 15 is 0 Å². The first-order valence-corrected chi connectivity index (χ1v) is 3.63. The van der Waals surface area contributed by atoms with Gasteiger partial charge in [-0.1, -0.05) is 23.4 Å². The van der Waals surface area contributed by atoms with Crippen molar-refractivity contribution in [1.82, 2.24) is 4.53 Å². The van der Waals surface area contributed by atoms with Gasteiger partial charge in [0.1, 0.15) is 0 Å². The summed E-state index contributed by atoms with van der Waals surface area (Å²) in [6.45, 7) is 0.626. The van der Waals surface area contributed by atoms with Crippen LogP contribution >= 0.6 is 11.8 Å². The average Bonchev–Trinajstić information content (AvgIpc) is 2.04. The number of rotatable bonds is 0. The van der Waals surface area contributed by atoms with Gasteiger partial charge in [0.05, 0.1) is 12.2 Å². The molecule has 1 aliphatic heterocycles. The highest BCUT2D eigenvalue weighted by molar-refractivity contribution is 6.13. The van der Waals surface area contributed by atoms with Crippen LogP contribution in [0.5, 0.6) is 0 Å². The number of hydrogen-bond acceptors (Lipinski definition) is 3. The van der Waals surface area contributed by atoms with Gasteiger partial charge in [-0.3, -0.25) is 0 Å². The largest absolute Gasteiger partial charge is 0.182 e. The van der Waals surface area contributed by atoms with Gasteiger partial charge in [-0.25, -0.2) is 0 Å². The molecule has 0 saturated heterocycles. The van der Waals surface area contributed by atoms with Crippen molar-refractivity contribution < 1.29 is 0 Å². The van der Waals surface area contributed by atoms with Crippen molar-refractivity contribution in [3.05, 3.63) is 29.8 Å². The minimum absolute atomic E-state index is 0.626. The quantitative estimate of drug-likeness (QED) is 0.546. The van der Waals surface area contributed by atoms with Crippen molar-refractivity contribution in [2.45, 2.75) is 6.54 Å². The number of halogens is 1. The van der Waals surface area contributed by atoms with Gasteiger partial charge in [-0.2, -0.15) is 4.53 Å². The zero-order valence-corrected chi connectivity index (χ0v) is 6.49. The standard InChI is InChI=1S/C7H6ClN3/c8-11-5-6-3-1-2-4-7(6)9-10-11/h1-4H,5H2. The molecule has 3 nitrogen and oxygen atoms in total. The Morgan fingerprint density at radius 1 is 1.36 bits per heavy atom. The first kappa shape index (κ1) is 6.61. The van der Waals surface area contributed by atoms with Crippen molar-refractivity contribution in [3.63, 3.8) is 0 Å². The molecule has 0 bridgehead atoms. The summed E-state index contributed by atoms with van der Waals surface area (Å²) < 4.78 is 1.29. The molecule has 2 rings (SSSR count). The zero-order chi connectivity index (χ0) is 7.68. The van der Waals surface area contributed by atoms with Gasteiger partial charge in [-0.05, 0) is 6.07 Å². The lowest BCUT2D eigenvalue weighted by molar-refractivity contribution is 0.436. The first-order valence-electron chi connectivity index (χ1n) is 3.29. The molecule has 0 N–H and O–H groups in total. The second-order valence-electron chi connectivity index (χ2n) is 2.31. The van der Waals surface area contributed by atoms with Gasteiger partial charge in [0.15, 0.2) is 0 Å². The van der Waals surface area contributed by atoms with Crippen LogP contribution in [0.2, 0.25) is 0 Å². The minimum atomic E-state index is 0.626. The van der Waals surface area contributed by atoms with Crippen molar-refractivity contribution in [2.75, 3.05) is 0 Å². The molecule has 56 valence electrons. The Balaban J connectivity index is 2.46. The van der Waals surface area contributed by atoms with Gasteiger partial charge in [0.2, 0.25) is 0 Å². The van der Waals surface area contributed by atoms with Crippen molar-refractivity contribution in [3.8, 4) is 0 Å². The van der Waals surface area contributed by atoms with Gasteiger partial charge in [0, 0.05) is 17.3 Å². The van der Waals surface area contributed by atoms with Gasteiger partial charge >= 0.3 is 0 Å². The van der Waals surface area contributed by atoms with Crippen LogP contribution in [0.1, 0.15) is 5.56 Å². The lowest BCUT2D eigenvalue weighted by atomic mass is 10.2. The molecule has 0 fully saturated rings. The molecule has 4 heteroatoms. The molecule has 11 heavy (non-hydrogen) atoms. The summed E-state index contributed by atoms with van der Waals surface area (Å²) in [6, 6.07) is 7.80. The van der Waals surface area contributed by atoms with E-state index < -0.39 is 0 Å². The van der Waals surface area contributed by atoms with E-state index in [4.69, 9.17) is 11.8 Å². The molecule has 1 aromatic rings. The Bertz CT molecular complexity index is 297.